The van der Waals surface area contributed by atoms with E-state index in [1.807, 2.05) is 31.2 Å². The Balaban J connectivity index is 2.18. The molecule has 0 unspecified atom stereocenters. The third-order valence-electron chi connectivity index (χ3n) is 3.49. The number of hydrogen-bond acceptors (Lipinski definition) is 6. The third-order valence-corrected chi connectivity index (χ3v) is 4.63. The second-order valence-corrected chi connectivity index (χ2v) is 6.26. The Kier molecular flexibility index (Phi) is 4.31. The van der Waals surface area contributed by atoms with Crippen LogP contribution in [0, 0.1) is 6.92 Å². The summed E-state index contributed by atoms with van der Waals surface area (Å²) in [4.78, 5) is 25.0. The molecule has 1 heterocycles. The van der Waals surface area contributed by atoms with E-state index in [-0.39, 0.29) is 11.3 Å². The molecule has 24 heavy (non-hydrogen) atoms. The fraction of sp³-hybridized carbons (Fsp3) is 0.111. The molecule has 0 saturated carbocycles. The molecule has 0 atom stereocenters. The average Bonchev–Trinajstić information content (AvgIpc) is 2.58. The largest absolute Gasteiger partial charge is 0.507 e. The zero-order valence-corrected chi connectivity index (χ0v) is 13.8. The third kappa shape index (κ3) is 3.00. The molecular formula is C18H14O5S. The van der Waals surface area contributed by atoms with Gasteiger partial charge in [0.25, 0.3) is 0 Å². The van der Waals surface area contributed by atoms with Gasteiger partial charge in [-0.25, -0.2) is 9.59 Å². The van der Waals surface area contributed by atoms with Crippen LogP contribution in [-0.4, -0.2) is 18.2 Å². The summed E-state index contributed by atoms with van der Waals surface area (Å²) in [7, 11) is 1.19. The van der Waals surface area contributed by atoms with Crippen molar-refractivity contribution in [2.24, 2.45) is 0 Å². The lowest BCUT2D eigenvalue weighted by atomic mass is 10.2. The van der Waals surface area contributed by atoms with Gasteiger partial charge in [-0.2, -0.15) is 0 Å². The van der Waals surface area contributed by atoms with Crippen molar-refractivity contribution < 1.29 is 19.1 Å². The number of aromatic hydroxyl groups is 1. The Morgan fingerprint density at radius 3 is 2.54 bits per heavy atom. The summed E-state index contributed by atoms with van der Waals surface area (Å²) < 4.78 is 9.79. The Morgan fingerprint density at radius 1 is 1.17 bits per heavy atom. The zero-order chi connectivity index (χ0) is 17.3. The highest BCUT2D eigenvalue weighted by atomic mass is 32.2. The number of benzene rings is 2. The molecule has 5 nitrogen and oxygen atoms in total. The van der Waals surface area contributed by atoms with Gasteiger partial charge in [-0.3, -0.25) is 0 Å². The maximum Gasteiger partial charge on any atom is 0.351 e. The summed E-state index contributed by atoms with van der Waals surface area (Å²) >= 11 is 1.32. The fourth-order valence-electron chi connectivity index (χ4n) is 2.24. The second-order valence-electron chi connectivity index (χ2n) is 5.18. The zero-order valence-electron chi connectivity index (χ0n) is 13.0. The van der Waals surface area contributed by atoms with Crippen molar-refractivity contribution >= 4 is 28.7 Å². The molecule has 0 spiro atoms. The number of fused-ring (bicyclic) bond motifs is 1. The smallest absolute Gasteiger partial charge is 0.351 e. The van der Waals surface area contributed by atoms with Gasteiger partial charge in [-0.1, -0.05) is 29.5 Å². The Morgan fingerprint density at radius 2 is 1.88 bits per heavy atom. The van der Waals surface area contributed by atoms with Gasteiger partial charge < -0.3 is 14.3 Å². The van der Waals surface area contributed by atoms with E-state index in [2.05, 4.69) is 4.74 Å². The number of phenols is 1. The summed E-state index contributed by atoms with van der Waals surface area (Å²) in [5, 5.41) is 10.7. The van der Waals surface area contributed by atoms with Gasteiger partial charge in [0.15, 0.2) is 0 Å². The van der Waals surface area contributed by atoms with E-state index in [0.29, 0.717) is 15.9 Å². The molecule has 1 N–H and O–H groups in total. The number of hydrogen-bond donors (Lipinski definition) is 1. The lowest BCUT2D eigenvalue weighted by molar-refractivity contribution is 0.0596. The number of esters is 1. The first kappa shape index (κ1) is 16.1. The van der Waals surface area contributed by atoms with E-state index in [1.165, 1.54) is 37.1 Å². The molecule has 3 rings (SSSR count). The van der Waals surface area contributed by atoms with Crippen LogP contribution in [0.2, 0.25) is 0 Å². The molecular weight excluding hydrogens is 328 g/mol. The summed E-state index contributed by atoms with van der Waals surface area (Å²) in [5.41, 5.74) is 0.438. The van der Waals surface area contributed by atoms with Crippen LogP contribution in [0.4, 0.5) is 0 Å². The van der Waals surface area contributed by atoms with E-state index >= 15 is 0 Å². The van der Waals surface area contributed by atoms with E-state index < -0.39 is 11.6 Å². The first-order valence-electron chi connectivity index (χ1n) is 7.12. The Hall–Kier alpha value is -2.73. The summed E-state index contributed by atoms with van der Waals surface area (Å²) in [5.74, 6) is -0.738. The number of phenolic OH excluding ortho intramolecular Hbond substituents is 1. The minimum atomic E-state index is -0.778. The number of carbonyl (C=O) groups excluding carboxylic acids is 1. The minimum Gasteiger partial charge on any atom is -0.507 e. The van der Waals surface area contributed by atoms with Gasteiger partial charge in [0.05, 0.1) is 12.0 Å². The minimum absolute atomic E-state index is 0.0396. The van der Waals surface area contributed by atoms with Gasteiger partial charge >= 0.3 is 11.6 Å². The predicted octanol–water partition coefficient (Wildman–Crippen LogP) is 3.74. The second kappa shape index (κ2) is 6.41. The molecule has 0 radical (unpaired) electrons. The van der Waals surface area contributed by atoms with Crippen LogP contribution in [0.25, 0.3) is 11.0 Å². The van der Waals surface area contributed by atoms with Crippen LogP contribution >= 0.6 is 11.8 Å². The molecule has 1 aromatic heterocycles. The van der Waals surface area contributed by atoms with Crippen LogP contribution in [0.3, 0.4) is 0 Å². The van der Waals surface area contributed by atoms with Crippen LogP contribution in [0.1, 0.15) is 15.9 Å². The van der Waals surface area contributed by atoms with Crippen molar-refractivity contribution in [3.63, 3.8) is 0 Å². The van der Waals surface area contributed by atoms with Crippen LogP contribution in [0.5, 0.6) is 5.75 Å². The van der Waals surface area contributed by atoms with Gasteiger partial charge in [0.2, 0.25) is 0 Å². The first-order chi connectivity index (χ1) is 11.5. The fourth-order valence-corrected chi connectivity index (χ4v) is 3.19. The van der Waals surface area contributed by atoms with Crippen molar-refractivity contribution in [3.05, 3.63) is 64.0 Å². The average molecular weight is 342 g/mol. The molecule has 0 aliphatic rings. The van der Waals surface area contributed by atoms with Crippen molar-refractivity contribution in [1.82, 2.24) is 0 Å². The first-order valence-corrected chi connectivity index (χ1v) is 7.94. The maximum atomic E-state index is 11.9. The van der Waals surface area contributed by atoms with Gasteiger partial charge in [-0.15, -0.1) is 0 Å². The molecule has 3 aromatic rings. The highest BCUT2D eigenvalue weighted by Gasteiger charge is 2.18. The predicted molar refractivity (Wildman–Crippen MR) is 90.8 cm³/mol. The van der Waals surface area contributed by atoms with Crippen LogP contribution < -0.4 is 5.63 Å². The number of methoxy groups -OCH3 is 1. The molecule has 0 aliphatic heterocycles. The summed E-state index contributed by atoms with van der Waals surface area (Å²) in [6, 6.07) is 12.1. The summed E-state index contributed by atoms with van der Waals surface area (Å²) in [6.45, 7) is 1.99. The van der Waals surface area contributed by atoms with E-state index in [9.17, 15) is 14.7 Å². The molecule has 0 aliphatic carbocycles. The lowest BCUT2D eigenvalue weighted by Gasteiger charge is -2.09. The maximum absolute atomic E-state index is 11.9. The van der Waals surface area contributed by atoms with E-state index in [4.69, 9.17) is 4.42 Å². The quantitative estimate of drug-likeness (QED) is 0.577. The highest BCUT2D eigenvalue weighted by Crippen LogP contribution is 2.39. The molecule has 0 saturated heterocycles. The SMILES string of the molecule is COC(=O)c1cc2c(Sc3ccc(C)cc3)c(O)ccc2oc1=O. The number of carbonyl (C=O) groups is 1. The molecule has 0 bridgehead atoms. The number of ether oxygens (including phenoxy) is 1. The summed E-state index contributed by atoms with van der Waals surface area (Å²) in [6.07, 6.45) is 0. The van der Waals surface area contributed by atoms with Crippen molar-refractivity contribution in [2.45, 2.75) is 16.7 Å². The normalized spacial score (nSPS) is 10.8. The Bertz CT molecular complexity index is 973. The molecule has 0 fully saturated rings. The monoisotopic (exact) mass is 342 g/mol. The topological polar surface area (TPSA) is 76.7 Å². The van der Waals surface area contributed by atoms with Crippen molar-refractivity contribution in [1.29, 1.82) is 0 Å². The van der Waals surface area contributed by atoms with Crippen molar-refractivity contribution in [3.8, 4) is 5.75 Å². The van der Waals surface area contributed by atoms with Gasteiger partial charge in [0, 0.05) is 10.3 Å². The van der Waals surface area contributed by atoms with Crippen LogP contribution in [-0.2, 0) is 4.74 Å². The molecule has 122 valence electrons. The standard InChI is InChI=1S/C18H14O5S/c1-10-3-5-11(6-4-10)24-16-12-9-13(17(20)22-2)18(21)23-15(12)8-7-14(16)19/h3-9,19H,1-2H3. The van der Waals surface area contributed by atoms with E-state index in [1.54, 1.807) is 0 Å². The number of rotatable bonds is 3. The highest BCUT2D eigenvalue weighted by molar-refractivity contribution is 7.99. The van der Waals surface area contributed by atoms with Gasteiger partial charge in [0.1, 0.15) is 16.9 Å². The molecule has 2 aromatic carbocycles. The van der Waals surface area contributed by atoms with Gasteiger partial charge in [-0.05, 0) is 37.3 Å². The van der Waals surface area contributed by atoms with Crippen LogP contribution in [0.15, 0.2) is 61.5 Å². The number of aryl methyl sites for hydroxylation is 1. The lowest BCUT2D eigenvalue weighted by Crippen LogP contribution is -2.15. The van der Waals surface area contributed by atoms with E-state index in [0.717, 1.165) is 10.5 Å². The molecule has 6 heteroatoms. The Labute approximate surface area is 141 Å². The van der Waals surface area contributed by atoms with Crippen molar-refractivity contribution in [2.75, 3.05) is 7.11 Å². The molecule has 0 amide bonds.